The van der Waals surface area contributed by atoms with E-state index in [1.54, 1.807) is 47.8 Å². The summed E-state index contributed by atoms with van der Waals surface area (Å²) >= 11 is 2.44. The van der Waals surface area contributed by atoms with Crippen molar-refractivity contribution in [3.05, 3.63) is 87.3 Å². The minimum Gasteiger partial charge on any atom is -0.465 e. The van der Waals surface area contributed by atoms with Gasteiger partial charge in [-0.3, -0.25) is 14.2 Å². The Morgan fingerprint density at radius 1 is 1.12 bits per heavy atom. The van der Waals surface area contributed by atoms with Crippen LogP contribution in [0, 0.1) is 5.82 Å². The Morgan fingerprint density at radius 3 is 2.55 bits per heavy atom. The zero-order valence-electron chi connectivity index (χ0n) is 17.4. The van der Waals surface area contributed by atoms with E-state index >= 15 is 0 Å². The third-order valence-corrected chi connectivity index (χ3v) is 6.57. The lowest BCUT2D eigenvalue weighted by atomic mass is 10.2. The van der Waals surface area contributed by atoms with E-state index < -0.39 is 5.97 Å². The Balaban J connectivity index is 1.51. The number of carbonyl (C=O) groups is 2. The third-order valence-electron chi connectivity index (χ3n) is 4.71. The summed E-state index contributed by atoms with van der Waals surface area (Å²) in [5.41, 5.74) is 2.01. The molecule has 10 heteroatoms. The molecule has 168 valence electrons. The number of methoxy groups -OCH3 is 1. The number of rotatable bonds is 7. The smallest absolute Gasteiger partial charge is 0.337 e. The number of esters is 1. The Morgan fingerprint density at radius 2 is 1.85 bits per heavy atom. The summed E-state index contributed by atoms with van der Waals surface area (Å²) < 4.78 is 19.9. The van der Waals surface area contributed by atoms with Crippen LogP contribution in [0.3, 0.4) is 0 Å². The van der Waals surface area contributed by atoms with Gasteiger partial charge < -0.3 is 10.1 Å². The van der Waals surface area contributed by atoms with Crippen LogP contribution in [-0.2, 0) is 16.1 Å². The van der Waals surface area contributed by atoms with Gasteiger partial charge in [0.05, 0.1) is 30.5 Å². The maximum absolute atomic E-state index is 13.3. The van der Waals surface area contributed by atoms with Crippen LogP contribution >= 0.6 is 23.1 Å². The first-order valence-corrected chi connectivity index (χ1v) is 11.6. The van der Waals surface area contributed by atoms with Crippen molar-refractivity contribution >= 4 is 50.9 Å². The zero-order chi connectivity index (χ0) is 23.4. The molecule has 1 N–H and O–H groups in total. The molecule has 2 heterocycles. The highest BCUT2D eigenvalue weighted by molar-refractivity contribution is 7.99. The van der Waals surface area contributed by atoms with Crippen LogP contribution in [0.15, 0.2) is 69.9 Å². The Bertz CT molecular complexity index is 1370. The van der Waals surface area contributed by atoms with Crippen molar-refractivity contribution in [2.75, 3.05) is 18.2 Å². The highest BCUT2D eigenvalue weighted by atomic mass is 32.2. The molecule has 0 radical (unpaired) electrons. The van der Waals surface area contributed by atoms with Gasteiger partial charge in [-0.2, -0.15) is 0 Å². The lowest BCUT2D eigenvalue weighted by molar-refractivity contribution is -0.113. The van der Waals surface area contributed by atoms with Crippen molar-refractivity contribution < 1.29 is 18.7 Å². The summed E-state index contributed by atoms with van der Waals surface area (Å²) in [4.78, 5) is 41.6. The minimum absolute atomic E-state index is 0.0181. The average Bonchev–Trinajstić information content (AvgIpc) is 3.30. The molecular formula is C23H18FN3O4S2. The Hall–Kier alpha value is -3.50. The number of hydrogen-bond donors (Lipinski definition) is 1. The molecular weight excluding hydrogens is 465 g/mol. The Labute approximate surface area is 196 Å². The first kappa shape index (κ1) is 22.7. The summed E-state index contributed by atoms with van der Waals surface area (Å²) in [6.07, 6.45) is 0. The van der Waals surface area contributed by atoms with Crippen LogP contribution in [-0.4, -0.2) is 34.3 Å². The van der Waals surface area contributed by atoms with E-state index in [2.05, 4.69) is 15.0 Å². The average molecular weight is 484 g/mol. The molecule has 4 aromatic rings. The number of thioether (sulfide) groups is 1. The van der Waals surface area contributed by atoms with Crippen molar-refractivity contribution in [1.29, 1.82) is 0 Å². The molecule has 33 heavy (non-hydrogen) atoms. The highest BCUT2D eigenvalue weighted by Gasteiger charge is 2.15. The maximum Gasteiger partial charge on any atom is 0.337 e. The molecule has 0 fully saturated rings. The molecule has 0 aliphatic heterocycles. The predicted octanol–water partition coefficient (Wildman–Crippen LogP) is 4.16. The topological polar surface area (TPSA) is 90.3 Å². The first-order valence-electron chi connectivity index (χ1n) is 9.78. The molecule has 4 rings (SSSR count). The first-order chi connectivity index (χ1) is 15.9. The van der Waals surface area contributed by atoms with Crippen molar-refractivity contribution in [2.24, 2.45) is 0 Å². The number of ether oxygens (including phenoxy) is 1. The number of thiophene rings is 1. The van der Waals surface area contributed by atoms with Gasteiger partial charge in [0.1, 0.15) is 10.5 Å². The predicted molar refractivity (Wildman–Crippen MR) is 127 cm³/mol. The standard InChI is InChI=1S/C23H18FN3O4S2/c1-31-22(30)15-4-8-17(9-5-15)25-19(28)13-33-23-26-18-10-11-32-20(18)21(29)27(23)12-14-2-6-16(24)7-3-14/h2-11H,12-13H2,1H3,(H,25,28). The molecule has 2 aromatic heterocycles. The van der Waals surface area contributed by atoms with E-state index in [0.29, 0.717) is 26.6 Å². The normalized spacial score (nSPS) is 10.8. The molecule has 7 nitrogen and oxygen atoms in total. The van der Waals surface area contributed by atoms with Crippen LogP contribution in [0.1, 0.15) is 15.9 Å². The molecule has 0 spiro atoms. The van der Waals surface area contributed by atoms with Gasteiger partial charge in [0, 0.05) is 5.69 Å². The molecule has 0 unspecified atom stereocenters. The molecule has 0 aliphatic rings. The largest absolute Gasteiger partial charge is 0.465 e. The van der Waals surface area contributed by atoms with Gasteiger partial charge in [-0.05, 0) is 53.4 Å². The number of halogens is 1. The monoisotopic (exact) mass is 483 g/mol. The van der Waals surface area contributed by atoms with Crippen LogP contribution in [0.2, 0.25) is 0 Å². The van der Waals surface area contributed by atoms with Crippen molar-refractivity contribution in [3.8, 4) is 0 Å². The molecule has 0 aliphatic carbocycles. The minimum atomic E-state index is -0.461. The third kappa shape index (κ3) is 5.29. The summed E-state index contributed by atoms with van der Waals surface area (Å²) in [6.45, 7) is 0.207. The summed E-state index contributed by atoms with van der Waals surface area (Å²) in [5, 5.41) is 4.94. The molecule has 2 aromatic carbocycles. The van der Waals surface area contributed by atoms with E-state index in [0.717, 1.165) is 17.3 Å². The van der Waals surface area contributed by atoms with Gasteiger partial charge >= 0.3 is 5.97 Å². The second kappa shape index (κ2) is 9.97. The molecule has 1 amide bonds. The summed E-state index contributed by atoms with van der Waals surface area (Å²) in [5.74, 6) is -1.09. The van der Waals surface area contributed by atoms with Gasteiger partial charge in [0.25, 0.3) is 5.56 Å². The van der Waals surface area contributed by atoms with Crippen LogP contribution in [0.25, 0.3) is 10.2 Å². The van der Waals surface area contributed by atoms with Crippen molar-refractivity contribution in [1.82, 2.24) is 9.55 Å². The number of benzene rings is 2. The SMILES string of the molecule is COC(=O)c1ccc(NC(=O)CSc2nc3ccsc3c(=O)n2Cc2ccc(F)cc2)cc1. The van der Waals surface area contributed by atoms with Crippen LogP contribution < -0.4 is 10.9 Å². The number of aromatic nitrogens is 2. The summed E-state index contributed by atoms with van der Waals surface area (Å²) in [6, 6.07) is 14.0. The zero-order valence-corrected chi connectivity index (χ0v) is 19.0. The fourth-order valence-corrected chi connectivity index (χ4v) is 4.66. The fourth-order valence-electron chi connectivity index (χ4n) is 3.08. The molecule has 0 saturated carbocycles. The number of nitrogens with one attached hydrogen (secondary N) is 1. The van der Waals surface area contributed by atoms with Crippen LogP contribution in [0.5, 0.6) is 0 Å². The lowest BCUT2D eigenvalue weighted by Gasteiger charge is -2.12. The molecule has 0 bridgehead atoms. The molecule has 0 atom stereocenters. The van der Waals surface area contributed by atoms with Gasteiger partial charge in [0.2, 0.25) is 5.91 Å². The second-order valence-electron chi connectivity index (χ2n) is 6.95. The van der Waals surface area contributed by atoms with Gasteiger partial charge in [-0.1, -0.05) is 23.9 Å². The number of hydrogen-bond acceptors (Lipinski definition) is 7. The number of nitrogens with zero attached hydrogens (tertiary/aromatic N) is 2. The van der Waals surface area contributed by atoms with Crippen LogP contribution in [0.4, 0.5) is 10.1 Å². The molecule has 0 saturated heterocycles. The second-order valence-corrected chi connectivity index (χ2v) is 8.81. The number of fused-ring (bicyclic) bond motifs is 1. The van der Waals surface area contributed by atoms with Gasteiger partial charge in [0.15, 0.2) is 5.16 Å². The van der Waals surface area contributed by atoms with E-state index in [9.17, 15) is 18.8 Å². The van der Waals surface area contributed by atoms with E-state index in [4.69, 9.17) is 0 Å². The quantitative estimate of drug-likeness (QED) is 0.241. The number of carbonyl (C=O) groups excluding carboxylic acids is 2. The van der Waals surface area contributed by atoms with E-state index in [1.165, 1.54) is 35.1 Å². The lowest BCUT2D eigenvalue weighted by Crippen LogP contribution is -2.24. The number of amides is 1. The highest BCUT2D eigenvalue weighted by Crippen LogP contribution is 2.22. The van der Waals surface area contributed by atoms with E-state index in [-0.39, 0.29) is 29.6 Å². The summed E-state index contributed by atoms with van der Waals surface area (Å²) in [7, 11) is 1.30. The van der Waals surface area contributed by atoms with Gasteiger partial charge in [-0.15, -0.1) is 11.3 Å². The number of anilines is 1. The van der Waals surface area contributed by atoms with Crippen molar-refractivity contribution in [2.45, 2.75) is 11.7 Å². The fraction of sp³-hybridized carbons (Fsp3) is 0.130. The van der Waals surface area contributed by atoms with E-state index in [1.807, 2.05) is 0 Å². The Kier molecular flexibility index (Phi) is 6.85. The van der Waals surface area contributed by atoms with Gasteiger partial charge in [-0.25, -0.2) is 14.2 Å². The van der Waals surface area contributed by atoms with Crippen molar-refractivity contribution in [3.63, 3.8) is 0 Å². The maximum atomic E-state index is 13.3.